The lowest BCUT2D eigenvalue weighted by Gasteiger charge is -2.33. The third-order valence-electron chi connectivity index (χ3n) is 4.85. The van der Waals surface area contributed by atoms with E-state index in [0.717, 1.165) is 56.2 Å². The summed E-state index contributed by atoms with van der Waals surface area (Å²) in [6.45, 7) is 3.75. The molecule has 0 atom stereocenters. The van der Waals surface area contributed by atoms with Gasteiger partial charge in [0.05, 0.1) is 0 Å². The molecule has 0 radical (unpaired) electrons. The van der Waals surface area contributed by atoms with Gasteiger partial charge >= 0.3 is 0 Å². The number of carbonyl (C=O) groups excluding carboxylic acids is 1. The van der Waals surface area contributed by atoms with Crippen molar-refractivity contribution in [2.45, 2.75) is 19.3 Å². The van der Waals surface area contributed by atoms with Gasteiger partial charge in [-0.05, 0) is 64.3 Å². The molecule has 0 bridgehead atoms. The van der Waals surface area contributed by atoms with Gasteiger partial charge in [-0.25, -0.2) is 0 Å². The van der Waals surface area contributed by atoms with Crippen LogP contribution in [-0.2, 0) is 4.79 Å². The zero-order chi connectivity index (χ0) is 19.2. The molecule has 1 fully saturated rings. The number of ether oxygens (including phenoxy) is 2. The molecule has 1 amide bonds. The third-order valence-corrected chi connectivity index (χ3v) is 5.25. The molecule has 1 aromatic rings. The Balaban J connectivity index is 1.40. The van der Waals surface area contributed by atoms with Crippen LogP contribution in [0.2, 0.25) is 0 Å². The number of carbonyl (C=O) groups is 1. The van der Waals surface area contributed by atoms with Crippen molar-refractivity contribution in [3.05, 3.63) is 18.2 Å². The lowest BCUT2D eigenvalue weighted by atomic mass is 9.96. The van der Waals surface area contributed by atoms with Crippen molar-refractivity contribution < 1.29 is 14.3 Å². The molecule has 2 aliphatic heterocycles. The smallest absolute Gasteiger partial charge is 0.231 e. The van der Waals surface area contributed by atoms with Gasteiger partial charge in [0.2, 0.25) is 12.7 Å². The van der Waals surface area contributed by atoms with Gasteiger partial charge in [-0.15, -0.1) is 0 Å². The lowest BCUT2D eigenvalue weighted by Crippen LogP contribution is -2.46. The number of thiocarbonyl (C=S) groups is 1. The maximum atomic E-state index is 12.6. The van der Waals surface area contributed by atoms with Crippen LogP contribution in [0.15, 0.2) is 18.2 Å². The number of piperidine rings is 1. The molecule has 1 aromatic carbocycles. The van der Waals surface area contributed by atoms with Crippen molar-refractivity contribution in [1.82, 2.24) is 15.1 Å². The second kappa shape index (κ2) is 9.23. The molecular weight excluding hydrogens is 364 g/mol. The van der Waals surface area contributed by atoms with E-state index in [1.165, 1.54) is 0 Å². The van der Waals surface area contributed by atoms with Crippen LogP contribution in [0.25, 0.3) is 0 Å². The molecule has 0 aliphatic carbocycles. The second-order valence-electron chi connectivity index (χ2n) is 7.21. The molecule has 1 saturated heterocycles. The van der Waals surface area contributed by atoms with Gasteiger partial charge in [0, 0.05) is 37.3 Å². The van der Waals surface area contributed by atoms with Crippen molar-refractivity contribution in [1.29, 1.82) is 0 Å². The maximum Gasteiger partial charge on any atom is 0.231 e. The Kier molecular flexibility index (Phi) is 6.73. The summed E-state index contributed by atoms with van der Waals surface area (Å²) in [5, 5.41) is 7.11. The highest BCUT2D eigenvalue weighted by Gasteiger charge is 2.26. The minimum atomic E-state index is 0.00298. The summed E-state index contributed by atoms with van der Waals surface area (Å²) >= 11 is 5.48. The Morgan fingerprint density at radius 1 is 1.26 bits per heavy atom. The van der Waals surface area contributed by atoms with E-state index in [1.54, 1.807) is 0 Å². The number of benzene rings is 1. The van der Waals surface area contributed by atoms with Crippen LogP contribution in [0.3, 0.4) is 0 Å². The molecule has 148 valence electrons. The van der Waals surface area contributed by atoms with Crippen molar-refractivity contribution >= 4 is 28.9 Å². The van der Waals surface area contributed by atoms with Crippen molar-refractivity contribution in [2.75, 3.05) is 52.4 Å². The van der Waals surface area contributed by atoms with Gasteiger partial charge < -0.3 is 29.9 Å². The number of fused-ring (bicyclic) bond motifs is 1. The van der Waals surface area contributed by atoms with Crippen LogP contribution in [0.1, 0.15) is 19.3 Å². The summed E-state index contributed by atoms with van der Waals surface area (Å²) in [5.74, 6) is 1.45. The van der Waals surface area contributed by atoms with E-state index in [0.29, 0.717) is 11.5 Å². The highest BCUT2D eigenvalue weighted by molar-refractivity contribution is 7.80. The molecule has 27 heavy (non-hydrogen) atoms. The Morgan fingerprint density at radius 2 is 2.00 bits per heavy atom. The maximum absolute atomic E-state index is 12.6. The molecule has 0 spiro atoms. The number of hydrogen-bond acceptors (Lipinski definition) is 5. The van der Waals surface area contributed by atoms with Crippen LogP contribution >= 0.6 is 12.2 Å². The Morgan fingerprint density at radius 3 is 2.74 bits per heavy atom. The summed E-state index contributed by atoms with van der Waals surface area (Å²) in [5.41, 5.74) is 0.741. The number of rotatable bonds is 6. The first kappa shape index (κ1) is 19.7. The van der Waals surface area contributed by atoms with E-state index < -0.39 is 0 Å². The number of amides is 1. The molecule has 0 aromatic heterocycles. The van der Waals surface area contributed by atoms with E-state index in [4.69, 9.17) is 21.7 Å². The number of likely N-dealkylation sites (tertiary alicyclic amines) is 1. The summed E-state index contributed by atoms with van der Waals surface area (Å²) < 4.78 is 10.7. The first-order valence-corrected chi connectivity index (χ1v) is 9.82. The van der Waals surface area contributed by atoms with Crippen LogP contribution in [0.5, 0.6) is 11.5 Å². The van der Waals surface area contributed by atoms with E-state index >= 15 is 0 Å². The fourth-order valence-electron chi connectivity index (χ4n) is 3.27. The molecular formula is C19H28N4O3S. The van der Waals surface area contributed by atoms with Gasteiger partial charge in [-0.2, -0.15) is 0 Å². The summed E-state index contributed by atoms with van der Waals surface area (Å²) in [6, 6.07) is 5.47. The molecule has 2 heterocycles. The molecule has 0 unspecified atom stereocenters. The Bertz CT molecular complexity index is 675. The zero-order valence-corrected chi connectivity index (χ0v) is 16.8. The number of nitrogens with zero attached hydrogens (tertiary/aromatic N) is 2. The van der Waals surface area contributed by atoms with Crippen LogP contribution < -0.4 is 20.1 Å². The second-order valence-corrected chi connectivity index (χ2v) is 7.59. The predicted octanol–water partition coefficient (Wildman–Crippen LogP) is 1.89. The first-order valence-electron chi connectivity index (χ1n) is 9.41. The topological polar surface area (TPSA) is 66.1 Å². The SMILES string of the molecule is CN(C)CCCNC(=S)N1CCC(C(=O)Nc2ccc3c(c2)OCO3)CC1. The van der Waals surface area contributed by atoms with Gasteiger partial charge in [-0.1, -0.05) is 0 Å². The van der Waals surface area contributed by atoms with Gasteiger partial charge in [0.15, 0.2) is 16.6 Å². The highest BCUT2D eigenvalue weighted by Crippen LogP contribution is 2.34. The minimum absolute atomic E-state index is 0.00298. The number of anilines is 1. The van der Waals surface area contributed by atoms with Crippen LogP contribution in [0, 0.1) is 5.92 Å². The largest absolute Gasteiger partial charge is 0.454 e. The van der Waals surface area contributed by atoms with Gasteiger partial charge in [0.1, 0.15) is 0 Å². The molecule has 2 N–H and O–H groups in total. The normalized spacial score (nSPS) is 16.5. The fraction of sp³-hybridized carbons (Fsp3) is 0.579. The average molecular weight is 393 g/mol. The highest BCUT2D eigenvalue weighted by atomic mass is 32.1. The quantitative estimate of drug-likeness (QED) is 0.566. The lowest BCUT2D eigenvalue weighted by molar-refractivity contribution is -0.120. The monoisotopic (exact) mass is 392 g/mol. The molecule has 3 rings (SSSR count). The van der Waals surface area contributed by atoms with Crippen LogP contribution in [-0.4, -0.2) is 67.9 Å². The van der Waals surface area contributed by atoms with Crippen molar-refractivity contribution in [3.8, 4) is 11.5 Å². The predicted molar refractivity (Wildman–Crippen MR) is 109 cm³/mol. The van der Waals surface area contributed by atoms with Crippen molar-refractivity contribution in [3.63, 3.8) is 0 Å². The molecule has 2 aliphatic rings. The summed E-state index contributed by atoms with van der Waals surface area (Å²) in [4.78, 5) is 16.9. The Hall–Kier alpha value is -2.06. The third kappa shape index (κ3) is 5.46. The number of hydrogen-bond donors (Lipinski definition) is 2. The zero-order valence-electron chi connectivity index (χ0n) is 16.0. The fourth-order valence-corrected chi connectivity index (χ4v) is 3.55. The van der Waals surface area contributed by atoms with E-state index in [2.05, 4.69) is 34.5 Å². The Labute approximate surface area is 166 Å². The minimum Gasteiger partial charge on any atom is -0.454 e. The molecule has 7 nitrogen and oxygen atoms in total. The average Bonchev–Trinajstić information content (AvgIpc) is 3.13. The van der Waals surface area contributed by atoms with Gasteiger partial charge in [-0.3, -0.25) is 4.79 Å². The van der Waals surface area contributed by atoms with Crippen molar-refractivity contribution in [2.24, 2.45) is 5.92 Å². The van der Waals surface area contributed by atoms with Crippen LogP contribution in [0.4, 0.5) is 5.69 Å². The standard InChI is InChI=1S/C19H28N4O3S/c1-22(2)9-3-8-20-19(27)23-10-6-14(7-11-23)18(24)21-15-4-5-16-17(12-15)26-13-25-16/h4-5,12,14H,3,6-11,13H2,1-2H3,(H,20,27)(H,21,24). The first-order chi connectivity index (χ1) is 13.0. The number of nitrogens with one attached hydrogen (secondary N) is 2. The molecule has 0 saturated carbocycles. The van der Waals surface area contributed by atoms with E-state index in [9.17, 15) is 4.79 Å². The summed E-state index contributed by atoms with van der Waals surface area (Å²) in [6.07, 6.45) is 2.66. The summed E-state index contributed by atoms with van der Waals surface area (Å²) in [7, 11) is 4.13. The van der Waals surface area contributed by atoms with E-state index in [1.807, 2.05) is 18.2 Å². The molecule has 8 heteroatoms. The van der Waals surface area contributed by atoms with E-state index in [-0.39, 0.29) is 18.6 Å². The van der Waals surface area contributed by atoms with Gasteiger partial charge in [0.25, 0.3) is 0 Å².